The Morgan fingerprint density at radius 1 is 1.04 bits per heavy atom. The summed E-state index contributed by atoms with van der Waals surface area (Å²) in [7, 11) is 0. The van der Waals surface area contributed by atoms with Crippen molar-refractivity contribution >= 4 is 0 Å². The van der Waals surface area contributed by atoms with E-state index in [-0.39, 0.29) is 5.82 Å². The molecule has 0 heterocycles. The van der Waals surface area contributed by atoms with Gasteiger partial charge in [-0.15, -0.1) is 0 Å². The number of nitrogens with one attached hydrogen (secondary N) is 1. The zero-order valence-electron chi connectivity index (χ0n) is 15.0. The first-order valence-electron chi connectivity index (χ1n) is 9.66. The van der Waals surface area contributed by atoms with E-state index >= 15 is 0 Å². The van der Waals surface area contributed by atoms with Gasteiger partial charge in [0.15, 0.2) is 0 Å². The summed E-state index contributed by atoms with van der Waals surface area (Å²) in [6.45, 7) is 0.383. The number of halogens is 1. The molecule has 26 heavy (non-hydrogen) atoms. The molecule has 4 heteroatoms. The summed E-state index contributed by atoms with van der Waals surface area (Å²) in [5, 5.41) is 3.81. The summed E-state index contributed by atoms with van der Waals surface area (Å²) in [6, 6.07) is 16.5. The maximum atomic E-state index is 13.2. The molecule has 0 radical (unpaired) electrons. The van der Waals surface area contributed by atoms with Gasteiger partial charge in [0.2, 0.25) is 0 Å². The molecule has 0 aromatic heterocycles. The van der Waals surface area contributed by atoms with Crippen LogP contribution in [0, 0.1) is 5.82 Å². The van der Waals surface area contributed by atoms with Gasteiger partial charge in [-0.1, -0.05) is 24.3 Å². The molecule has 2 saturated carbocycles. The van der Waals surface area contributed by atoms with Crippen LogP contribution < -0.4 is 15.8 Å². The first kappa shape index (κ1) is 17.5. The maximum absolute atomic E-state index is 13.2. The van der Waals surface area contributed by atoms with Gasteiger partial charge in [0.05, 0.1) is 0 Å². The van der Waals surface area contributed by atoms with Gasteiger partial charge in [0.25, 0.3) is 0 Å². The van der Waals surface area contributed by atoms with E-state index in [1.54, 1.807) is 6.07 Å². The third kappa shape index (κ3) is 4.43. The van der Waals surface area contributed by atoms with Crippen molar-refractivity contribution in [3.63, 3.8) is 0 Å². The molecule has 0 unspecified atom stereocenters. The highest BCUT2D eigenvalue weighted by molar-refractivity contribution is 5.34. The van der Waals surface area contributed by atoms with Crippen molar-refractivity contribution in [3.8, 4) is 5.75 Å². The minimum Gasteiger partial charge on any atom is -0.489 e. The van der Waals surface area contributed by atoms with Gasteiger partial charge in [0, 0.05) is 24.0 Å². The zero-order chi connectivity index (χ0) is 17.9. The Morgan fingerprint density at radius 2 is 1.81 bits per heavy atom. The number of ether oxygens (including phenoxy) is 1. The highest BCUT2D eigenvalue weighted by Gasteiger charge is 2.39. The van der Waals surface area contributed by atoms with Crippen LogP contribution in [0.1, 0.15) is 49.1 Å². The van der Waals surface area contributed by atoms with Crippen LogP contribution in [0.5, 0.6) is 5.75 Å². The smallest absolute Gasteiger partial charge is 0.123 e. The Morgan fingerprint density at radius 3 is 2.54 bits per heavy atom. The molecule has 138 valence electrons. The molecule has 0 bridgehead atoms. The largest absolute Gasteiger partial charge is 0.489 e. The Labute approximate surface area is 154 Å². The predicted molar refractivity (Wildman–Crippen MR) is 102 cm³/mol. The SMILES string of the molecule is NC1CCC(N[C@@H]2C[C@H]2c2ccc(OCc3cccc(F)c3)cc2)CC1. The van der Waals surface area contributed by atoms with Crippen LogP contribution in [0.25, 0.3) is 0 Å². The average molecular weight is 354 g/mol. The van der Waals surface area contributed by atoms with Crippen LogP contribution in [-0.2, 0) is 6.61 Å². The van der Waals surface area contributed by atoms with E-state index in [0.717, 1.165) is 24.2 Å². The third-order valence-electron chi connectivity index (χ3n) is 5.61. The molecule has 0 saturated heterocycles. The van der Waals surface area contributed by atoms with Crippen molar-refractivity contribution in [1.29, 1.82) is 0 Å². The van der Waals surface area contributed by atoms with Gasteiger partial charge in [0.1, 0.15) is 18.2 Å². The molecular formula is C22H27FN2O. The van der Waals surface area contributed by atoms with E-state index in [4.69, 9.17) is 10.5 Å². The average Bonchev–Trinajstić information content (AvgIpc) is 3.42. The van der Waals surface area contributed by atoms with E-state index in [0.29, 0.717) is 30.7 Å². The predicted octanol–water partition coefficient (Wildman–Crippen LogP) is 4.12. The standard InChI is InChI=1S/C22H27FN2O/c23-17-3-1-2-15(12-17)14-26-20-10-4-16(5-11-20)21-13-22(21)25-19-8-6-18(24)7-9-19/h1-5,10-12,18-19,21-22,25H,6-9,13-14,24H2/t18?,19?,21-,22+/m0/s1. The van der Waals surface area contributed by atoms with Crippen LogP contribution in [0.15, 0.2) is 48.5 Å². The fraction of sp³-hybridized carbons (Fsp3) is 0.455. The molecule has 3 nitrogen and oxygen atoms in total. The fourth-order valence-corrected chi connectivity index (χ4v) is 3.94. The molecule has 0 aliphatic heterocycles. The fourth-order valence-electron chi connectivity index (χ4n) is 3.94. The van der Waals surface area contributed by atoms with Gasteiger partial charge < -0.3 is 15.8 Å². The van der Waals surface area contributed by atoms with Crippen LogP contribution in [0.2, 0.25) is 0 Å². The topological polar surface area (TPSA) is 47.3 Å². The lowest BCUT2D eigenvalue weighted by molar-refractivity contribution is 0.305. The molecule has 2 aliphatic rings. The lowest BCUT2D eigenvalue weighted by Gasteiger charge is -2.27. The van der Waals surface area contributed by atoms with Crippen molar-refractivity contribution in [2.24, 2.45) is 5.73 Å². The molecular weight excluding hydrogens is 327 g/mol. The summed E-state index contributed by atoms with van der Waals surface area (Å²) in [5.74, 6) is 1.21. The van der Waals surface area contributed by atoms with Crippen LogP contribution in [0.3, 0.4) is 0 Å². The number of nitrogens with two attached hydrogens (primary N) is 1. The number of hydrogen-bond acceptors (Lipinski definition) is 3. The van der Waals surface area contributed by atoms with E-state index in [1.807, 2.05) is 18.2 Å². The summed E-state index contributed by atoms with van der Waals surface area (Å²) in [5.41, 5.74) is 8.20. The summed E-state index contributed by atoms with van der Waals surface area (Å²) in [6.07, 6.45) is 5.92. The Hall–Kier alpha value is -1.91. The second-order valence-electron chi connectivity index (χ2n) is 7.71. The number of rotatable bonds is 6. The molecule has 2 aromatic rings. The minimum absolute atomic E-state index is 0.228. The molecule has 0 spiro atoms. The normalized spacial score (nSPS) is 27.9. The molecule has 0 amide bonds. The summed E-state index contributed by atoms with van der Waals surface area (Å²) in [4.78, 5) is 0. The zero-order valence-corrected chi connectivity index (χ0v) is 15.0. The van der Waals surface area contributed by atoms with Gasteiger partial charge in [-0.25, -0.2) is 4.39 Å². The van der Waals surface area contributed by atoms with Crippen molar-refractivity contribution < 1.29 is 9.13 Å². The maximum Gasteiger partial charge on any atom is 0.123 e. The van der Waals surface area contributed by atoms with Gasteiger partial charge in [-0.05, 0) is 67.5 Å². The summed E-state index contributed by atoms with van der Waals surface area (Å²) >= 11 is 0. The van der Waals surface area contributed by atoms with Crippen molar-refractivity contribution in [2.75, 3.05) is 0 Å². The Balaban J connectivity index is 1.26. The van der Waals surface area contributed by atoms with E-state index in [2.05, 4.69) is 17.4 Å². The molecule has 2 aromatic carbocycles. The van der Waals surface area contributed by atoms with E-state index < -0.39 is 0 Å². The van der Waals surface area contributed by atoms with Crippen LogP contribution in [0.4, 0.5) is 4.39 Å². The molecule has 2 atom stereocenters. The van der Waals surface area contributed by atoms with Crippen molar-refractivity contribution in [1.82, 2.24) is 5.32 Å². The molecule has 2 fully saturated rings. The van der Waals surface area contributed by atoms with Crippen molar-refractivity contribution in [2.45, 2.75) is 62.8 Å². The number of hydrogen-bond donors (Lipinski definition) is 2. The Bertz CT molecular complexity index is 725. The highest BCUT2D eigenvalue weighted by Crippen LogP contribution is 2.42. The van der Waals surface area contributed by atoms with Gasteiger partial charge in [-0.2, -0.15) is 0 Å². The molecule has 4 rings (SSSR count). The summed E-state index contributed by atoms with van der Waals surface area (Å²) < 4.78 is 19.0. The first-order chi connectivity index (χ1) is 12.7. The van der Waals surface area contributed by atoms with Gasteiger partial charge in [-0.3, -0.25) is 0 Å². The first-order valence-corrected chi connectivity index (χ1v) is 9.66. The monoisotopic (exact) mass is 354 g/mol. The molecule has 3 N–H and O–H groups in total. The molecule has 2 aliphatic carbocycles. The van der Waals surface area contributed by atoms with Crippen LogP contribution in [-0.4, -0.2) is 18.1 Å². The number of benzene rings is 2. The second kappa shape index (κ2) is 7.77. The third-order valence-corrected chi connectivity index (χ3v) is 5.61. The van der Waals surface area contributed by atoms with E-state index in [9.17, 15) is 4.39 Å². The highest BCUT2D eigenvalue weighted by atomic mass is 19.1. The van der Waals surface area contributed by atoms with E-state index in [1.165, 1.54) is 37.0 Å². The minimum atomic E-state index is -0.228. The quantitative estimate of drug-likeness (QED) is 0.820. The Kier molecular flexibility index (Phi) is 5.23. The second-order valence-corrected chi connectivity index (χ2v) is 7.71. The van der Waals surface area contributed by atoms with Crippen LogP contribution >= 0.6 is 0 Å². The lowest BCUT2D eigenvalue weighted by Crippen LogP contribution is -2.38. The lowest BCUT2D eigenvalue weighted by atomic mass is 9.92. The van der Waals surface area contributed by atoms with Gasteiger partial charge >= 0.3 is 0 Å². The van der Waals surface area contributed by atoms with Crippen molar-refractivity contribution in [3.05, 3.63) is 65.5 Å².